The third-order valence-corrected chi connectivity index (χ3v) is 3.19. The Morgan fingerprint density at radius 1 is 1.45 bits per heavy atom. The van der Waals surface area contributed by atoms with Crippen LogP contribution in [-0.2, 0) is 6.54 Å². The number of aromatic nitrogens is 2. The number of rotatable bonds is 4. The molecule has 0 aromatic carbocycles. The summed E-state index contributed by atoms with van der Waals surface area (Å²) < 4.78 is 38.1. The lowest BCUT2D eigenvalue weighted by molar-refractivity contribution is -0.207. The first-order chi connectivity index (χ1) is 10.2. The van der Waals surface area contributed by atoms with E-state index < -0.39 is 18.8 Å². The molecule has 120 valence electrons. The summed E-state index contributed by atoms with van der Waals surface area (Å²) in [5.41, 5.74) is 0.271. The topological polar surface area (TPSA) is 57.8 Å². The Bertz CT molecular complexity index is 733. The normalized spacial score (nSPS) is 13.8. The van der Waals surface area contributed by atoms with Crippen molar-refractivity contribution < 1.29 is 18.3 Å². The van der Waals surface area contributed by atoms with Crippen LogP contribution in [0.1, 0.15) is 5.69 Å². The van der Waals surface area contributed by atoms with Gasteiger partial charge in [0.25, 0.3) is 5.56 Å². The van der Waals surface area contributed by atoms with E-state index in [0.717, 1.165) is 0 Å². The van der Waals surface area contributed by atoms with Gasteiger partial charge in [0, 0.05) is 25.4 Å². The van der Waals surface area contributed by atoms with Crippen molar-refractivity contribution in [3.05, 3.63) is 45.5 Å². The minimum Gasteiger partial charge on any atom is -0.382 e. The molecule has 0 aliphatic heterocycles. The number of likely N-dealkylation sites (N-methyl/N-ethyl adjacent to an activating group) is 1. The van der Waals surface area contributed by atoms with E-state index in [1.54, 1.807) is 6.07 Å². The third-order valence-electron chi connectivity index (χ3n) is 2.97. The molecule has 1 unspecified atom stereocenters. The number of fused-ring (bicyclic) bond motifs is 1. The lowest BCUT2D eigenvalue weighted by atomic mass is 10.3. The Hall–Kier alpha value is -1.64. The van der Waals surface area contributed by atoms with E-state index >= 15 is 0 Å². The Morgan fingerprint density at radius 2 is 2.14 bits per heavy atom. The molecule has 0 spiro atoms. The van der Waals surface area contributed by atoms with Crippen molar-refractivity contribution >= 4 is 17.2 Å². The highest BCUT2D eigenvalue weighted by molar-refractivity contribution is 6.30. The van der Waals surface area contributed by atoms with Crippen LogP contribution in [-0.4, -0.2) is 45.3 Å². The highest BCUT2D eigenvalue weighted by Gasteiger charge is 2.38. The van der Waals surface area contributed by atoms with E-state index in [4.69, 9.17) is 16.7 Å². The number of halogens is 4. The van der Waals surface area contributed by atoms with Gasteiger partial charge in [0.15, 0.2) is 6.10 Å². The van der Waals surface area contributed by atoms with Crippen molar-refractivity contribution in [1.82, 2.24) is 14.3 Å². The maximum absolute atomic E-state index is 12.3. The monoisotopic (exact) mass is 335 g/mol. The fourth-order valence-electron chi connectivity index (χ4n) is 1.95. The van der Waals surface area contributed by atoms with Crippen LogP contribution in [0.15, 0.2) is 29.2 Å². The van der Waals surface area contributed by atoms with Gasteiger partial charge >= 0.3 is 6.18 Å². The number of aliphatic hydroxyl groups excluding tert-OH is 1. The van der Waals surface area contributed by atoms with Crippen molar-refractivity contribution in [1.29, 1.82) is 0 Å². The molecular weight excluding hydrogens is 323 g/mol. The van der Waals surface area contributed by atoms with Crippen LogP contribution in [0, 0.1) is 0 Å². The van der Waals surface area contributed by atoms with Crippen molar-refractivity contribution in [2.75, 3.05) is 13.6 Å². The van der Waals surface area contributed by atoms with E-state index in [0.29, 0.717) is 16.4 Å². The second kappa shape index (κ2) is 6.23. The van der Waals surface area contributed by atoms with Crippen molar-refractivity contribution in [2.45, 2.75) is 18.8 Å². The SMILES string of the molecule is CN(Cc1cc(=O)n2cc(Cl)ccc2n1)CC(O)C(F)(F)F. The Balaban J connectivity index is 2.18. The lowest BCUT2D eigenvalue weighted by Crippen LogP contribution is -2.39. The van der Waals surface area contributed by atoms with Gasteiger partial charge in [-0.3, -0.25) is 14.1 Å². The van der Waals surface area contributed by atoms with Crippen LogP contribution in [0.5, 0.6) is 0 Å². The summed E-state index contributed by atoms with van der Waals surface area (Å²) in [6.45, 7) is -0.604. The number of hydrogen-bond acceptors (Lipinski definition) is 4. The molecule has 0 radical (unpaired) electrons. The minimum atomic E-state index is -4.68. The van der Waals surface area contributed by atoms with Gasteiger partial charge < -0.3 is 5.11 Å². The van der Waals surface area contributed by atoms with Crippen molar-refractivity contribution in [3.63, 3.8) is 0 Å². The summed E-state index contributed by atoms with van der Waals surface area (Å²) in [7, 11) is 1.40. The molecule has 1 atom stereocenters. The van der Waals surface area contributed by atoms with E-state index in [1.807, 2.05) is 0 Å². The number of aliphatic hydroxyl groups is 1. The molecule has 2 rings (SSSR count). The van der Waals surface area contributed by atoms with E-state index in [1.165, 1.54) is 34.7 Å². The third kappa shape index (κ3) is 3.96. The quantitative estimate of drug-likeness (QED) is 0.924. The highest BCUT2D eigenvalue weighted by atomic mass is 35.5. The molecule has 0 bridgehead atoms. The maximum atomic E-state index is 12.3. The Kier molecular flexibility index (Phi) is 4.74. The molecule has 5 nitrogen and oxygen atoms in total. The second-order valence-electron chi connectivity index (χ2n) is 4.92. The van der Waals surface area contributed by atoms with Crippen LogP contribution >= 0.6 is 11.6 Å². The molecule has 2 aromatic rings. The number of pyridine rings is 1. The minimum absolute atomic E-state index is 0.00149. The van der Waals surface area contributed by atoms with Gasteiger partial charge in [0.2, 0.25) is 0 Å². The smallest absolute Gasteiger partial charge is 0.382 e. The molecular formula is C13H13ClF3N3O2. The fourth-order valence-corrected chi connectivity index (χ4v) is 2.11. The summed E-state index contributed by atoms with van der Waals surface area (Å²) in [4.78, 5) is 17.4. The maximum Gasteiger partial charge on any atom is 0.415 e. The molecule has 0 aliphatic rings. The van der Waals surface area contributed by atoms with Gasteiger partial charge in [-0.25, -0.2) is 4.98 Å². The highest BCUT2D eigenvalue weighted by Crippen LogP contribution is 2.20. The second-order valence-corrected chi connectivity index (χ2v) is 5.35. The molecule has 0 aliphatic carbocycles. The van der Waals surface area contributed by atoms with E-state index in [2.05, 4.69) is 4.98 Å². The summed E-state index contributed by atoms with van der Waals surface area (Å²) in [6.07, 6.45) is -5.72. The first kappa shape index (κ1) is 16.7. The molecule has 0 amide bonds. The van der Waals surface area contributed by atoms with E-state index in [9.17, 15) is 18.0 Å². The van der Waals surface area contributed by atoms with Crippen LogP contribution in [0.25, 0.3) is 5.65 Å². The van der Waals surface area contributed by atoms with Gasteiger partial charge in [-0.2, -0.15) is 13.2 Å². The summed E-state index contributed by atoms with van der Waals surface area (Å²) >= 11 is 5.78. The van der Waals surface area contributed by atoms with Gasteiger partial charge in [-0.1, -0.05) is 11.6 Å². The molecule has 9 heteroatoms. The van der Waals surface area contributed by atoms with Crippen LogP contribution in [0.2, 0.25) is 5.02 Å². The fraction of sp³-hybridized carbons (Fsp3) is 0.385. The summed E-state index contributed by atoms with van der Waals surface area (Å²) in [5.74, 6) is 0. The zero-order valence-corrected chi connectivity index (χ0v) is 12.3. The van der Waals surface area contributed by atoms with Crippen LogP contribution in [0.4, 0.5) is 13.2 Å². The zero-order chi connectivity index (χ0) is 16.5. The average Bonchev–Trinajstić information content (AvgIpc) is 2.38. The molecule has 1 N–H and O–H groups in total. The predicted molar refractivity (Wildman–Crippen MR) is 74.9 cm³/mol. The van der Waals surface area contributed by atoms with Gasteiger partial charge in [-0.15, -0.1) is 0 Å². The molecule has 22 heavy (non-hydrogen) atoms. The van der Waals surface area contributed by atoms with Gasteiger partial charge in [0.05, 0.1) is 10.7 Å². The molecule has 0 saturated carbocycles. The average molecular weight is 336 g/mol. The van der Waals surface area contributed by atoms with Gasteiger partial charge in [-0.05, 0) is 19.2 Å². The first-order valence-electron chi connectivity index (χ1n) is 6.28. The Labute approximate surface area is 128 Å². The number of hydrogen-bond donors (Lipinski definition) is 1. The van der Waals surface area contributed by atoms with Crippen LogP contribution < -0.4 is 5.56 Å². The van der Waals surface area contributed by atoms with Crippen molar-refractivity contribution in [2.24, 2.45) is 0 Å². The largest absolute Gasteiger partial charge is 0.415 e. The molecule has 2 aromatic heterocycles. The van der Waals surface area contributed by atoms with Gasteiger partial charge in [0.1, 0.15) is 5.65 Å². The predicted octanol–water partition coefficient (Wildman–Crippen LogP) is 1.70. The standard InChI is InChI=1S/C13H13ClF3N3O2/c1-19(7-10(21)13(15,16)17)6-9-4-12(22)20-5-8(14)2-3-11(20)18-9/h2-5,10,21H,6-7H2,1H3. The first-order valence-corrected chi connectivity index (χ1v) is 6.66. The lowest BCUT2D eigenvalue weighted by Gasteiger charge is -2.21. The molecule has 2 heterocycles. The zero-order valence-electron chi connectivity index (χ0n) is 11.5. The van der Waals surface area contributed by atoms with Crippen molar-refractivity contribution in [3.8, 4) is 0 Å². The number of nitrogens with zero attached hydrogens (tertiary/aromatic N) is 3. The Morgan fingerprint density at radius 3 is 2.77 bits per heavy atom. The molecule has 0 fully saturated rings. The molecule has 0 saturated heterocycles. The van der Waals surface area contributed by atoms with Crippen LogP contribution in [0.3, 0.4) is 0 Å². The summed E-state index contributed by atoms with van der Waals surface area (Å²) in [5, 5.41) is 9.39. The number of alkyl halides is 3. The van der Waals surface area contributed by atoms with E-state index in [-0.39, 0.29) is 12.1 Å². The summed E-state index contributed by atoms with van der Waals surface area (Å²) in [6, 6.07) is 4.32.